The van der Waals surface area contributed by atoms with Gasteiger partial charge in [-0.15, -0.1) is 0 Å². The molecule has 0 aliphatic carbocycles. The SMILES string of the molecule is Cc1ccc(CCNC(=O)CC(C)(C)C)o1. The zero-order chi connectivity index (χ0) is 12.2. The van der Waals surface area contributed by atoms with E-state index < -0.39 is 0 Å². The molecule has 0 atom stereocenters. The minimum atomic E-state index is 0.0470. The van der Waals surface area contributed by atoms with Gasteiger partial charge in [0, 0.05) is 19.4 Å². The van der Waals surface area contributed by atoms with E-state index in [1.54, 1.807) is 0 Å². The van der Waals surface area contributed by atoms with Crippen LogP contribution in [0, 0.1) is 12.3 Å². The first-order valence-electron chi connectivity index (χ1n) is 5.69. The van der Waals surface area contributed by atoms with E-state index in [-0.39, 0.29) is 11.3 Å². The Morgan fingerprint density at radius 1 is 1.38 bits per heavy atom. The topological polar surface area (TPSA) is 42.2 Å². The third kappa shape index (κ3) is 5.01. The van der Waals surface area contributed by atoms with Crippen molar-refractivity contribution in [1.29, 1.82) is 0 Å². The lowest BCUT2D eigenvalue weighted by Gasteiger charge is -2.16. The second-order valence-electron chi connectivity index (χ2n) is 5.35. The predicted octanol–water partition coefficient (Wildman–Crippen LogP) is 2.68. The standard InChI is InChI=1S/C13H21NO2/c1-10-5-6-11(16-10)7-8-14-12(15)9-13(2,3)4/h5-6H,7-9H2,1-4H3,(H,14,15). The molecule has 90 valence electrons. The number of nitrogens with one attached hydrogen (secondary N) is 1. The van der Waals surface area contributed by atoms with Crippen LogP contribution in [0.2, 0.25) is 0 Å². The third-order valence-electron chi connectivity index (χ3n) is 2.18. The van der Waals surface area contributed by atoms with E-state index in [1.807, 2.05) is 19.1 Å². The van der Waals surface area contributed by atoms with Gasteiger partial charge in [-0.2, -0.15) is 0 Å². The Bertz CT molecular complexity index is 347. The van der Waals surface area contributed by atoms with Crippen LogP contribution in [0.1, 0.15) is 38.7 Å². The molecule has 16 heavy (non-hydrogen) atoms. The van der Waals surface area contributed by atoms with Crippen LogP contribution in [0.4, 0.5) is 0 Å². The quantitative estimate of drug-likeness (QED) is 0.852. The van der Waals surface area contributed by atoms with Crippen LogP contribution in [-0.2, 0) is 11.2 Å². The Morgan fingerprint density at radius 2 is 2.06 bits per heavy atom. The van der Waals surface area contributed by atoms with Gasteiger partial charge < -0.3 is 9.73 Å². The highest BCUT2D eigenvalue weighted by Gasteiger charge is 2.15. The number of carbonyl (C=O) groups is 1. The number of aryl methyl sites for hydroxylation is 1. The first-order chi connectivity index (χ1) is 7.37. The second-order valence-corrected chi connectivity index (χ2v) is 5.35. The summed E-state index contributed by atoms with van der Waals surface area (Å²) in [5, 5.41) is 2.90. The van der Waals surface area contributed by atoms with Gasteiger partial charge in [0.15, 0.2) is 0 Å². The lowest BCUT2D eigenvalue weighted by atomic mass is 9.92. The zero-order valence-electron chi connectivity index (χ0n) is 10.6. The van der Waals surface area contributed by atoms with Crippen LogP contribution >= 0.6 is 0 Å². The molecule has 1 aromatic heterocycles. The average Bonchev–Trinajstić information content (AvgIpc) is 2.48. The summed E-state index contributed by atoms with van der Waals surface area (Å²) in [5.74, 6) is 1.94. The van der Waals surface area contributed by atoms with E-state index in [0.717, 1.165) is 17.9 Å². The number of hydrogen-bond acceptors (Lipinski definition) is 2. The molecule has 0 fully saturated rings. The molecule has 0 saturated heterocycles. The lowest BCUT2D eigenvalue weighted by Crippen LogP contribution is -2.29. The highest BCUT2D eigenvalue weighted by molar-refractivity contribution is 5.76. The Hall–Kier alpha value is -1.25. The molecule has 0 spiro atoms. The number of hydrogen-bond donors (Lipinski definition) is 1. The highest BCUT2D eigenvalue weighted by atomic mass is 16.3. The maximum Gasteiger partial charge on any atom is 0.220 e. The van der Waals surface area contributed by atoms with E-state index in [0.29, 0.717) is 13.0 Å². The van der Waals surface area contributed by atoms with E-state index >= 15 is 0 Å². The van der Waals surface area contributed by atoms with E-state index in [1.165, 1.54) is 0 Å². The highest BCUT2D eigenvalue weighted by Crippen LogP contribution is 2.17. The van der Waals surface area contributed by atoms with Crippen molar-refractivity contribution in [1.82, 2.24) is 5.32 Å². The van der Waals surface area contributed by atoms with Crippen LogP contribution in [0.5, 0.6) is 0 Å². The molecule has 0 radical (unpaired) electrons. The van der Waals surface area contributed by atoms with Gasteiger partial charge in [-0.1, -0.05) is 20.8 Å². The first kappa shape index (κ1) is 12.8. The van der Waals surface area contributed by atoms with Crippen LogP contribution in [0.3, 0.4) is 0 Å². The summed E-state index contributed by atoms with van der Waals surface area (Å²) in [7, 11) is 0. The molecular weight excluding hydrogens is 202 g/mol. The second kappa shape index (κ2) is 5.19. The number of amides is 1. The van der Waals surface area contributed by atoms with Crippen molar-refractivity contribution >= 4 is 5.91 Å². The number of rotatable bonds is 4. The van der Waals surface area contributed by atoms with E-state index in [4.69, 9.17) is 4.42 Å². The van der Waals surface area contributed by atoms with Crippen LogP contribution in [0.15, 0.2) is 16.5 Å². The van der Waals surface area contributed by atoms with E-state index in [9.17, 15) is 4.79 Å². The van der Waals surface area contributed by atoms with Gasteiger partial charge in [-0.3, -0.25) is 4.79 Å². The fraction of sp³-hybridized carbons (Fsp3) is 0.615. The summed E-state index contributed by atoms with van der Waals surface area (Å²) in [6.45, 7) is 8.73. The van der Waals surface area contributed by atoms with Gasteiger partial charge in [0.1, 0.15) is 11.5 Å². The normalized spacial score (nSPS) is 11.5. The third-order valence-corrected chi connectivity index (χ3v) is 2.18. The molecular formula is C13H21NO2. The molecule has 1 heterocycles. The molecule has 1 aromatic rings. The van der Waals surface area contributed by atoms with Crippen molar-refractivity contribution in [3.05, 3.63) is 23.7 Å². The Balaban J connectivity index is 2.23. The Morgan fingerprint density at radius 3 is 2.56 bits per heavy atom. The average molecular weight is 223 g/mol. The van der Waals surface area contributed by atoms with Gasteiger partial charge in [-0.25, -0.2) is 0 Å². The minimum Gasteiger partial charge on any atom is -0.466 e. The van der Waals surface area contributed by atoms with E-state index in [2.05, 4.69) is 26.1 Å². The molecule has 0 saturated carbocycles. The van der Waals surface area contributed by atoms with Crippen LogP contribution in [0.25, 0.3) is 0 Å². The summed E-state index contributed by atoms with van der Waals surface area (Å²) in [5.41, 5.74) is 0.0470. The number of furan rings is 1. The fourth-order valence-electron chi connectivity index (χ4n) is 1.49. The van der Waals surface area contributed by atoms with Crippen molar-refractivity contribution < 1.29 is 9.21 Å². The summed E-state index contributed by atoms with van der Waals surface area (Å²) in [6, 6.07) is 3.89. The van der Waals surface area contributed by atoms with Crippen molar-refractivity contribution in [2.45, 2.75) is 40.5 Å². The molecule has 0 bridgehead atoms. The molecule has 1 amide bonds. The van der Waals surface area contributed by atoms with Crippen molar-refractivity contribution in [3.63, 3.8) is 0 Å². The predicted molar refractivity (Wildman–Crippen MR) is 64.2 cm³/mol. The summed E-state index contributed by atoms with van der Waals surface area (Å²) < 4.78 is 5.41. The molecule has 0 aliphatic rings. The lowest BCUT2D eigenvalue weighted by molar-refractivity contribution is -0.122. The van der Waals surface area contributed by atoms with Gasteiger partial charge in [0.25, 0.3) is 0 Å². The summed E-state index contributed by atoms with van der Waals surface area (Å²) >= 11 is 0. The van der Waals surface area contributed by atoms with Crippen molar-refractivity contribution in [2.24, 2.45) is 5.41 Å². The largest absolute Gasteiger partial charge is 0.466 e. The molecule has 0 unspecified atom stereocenters. The monoisotopic (exact) mass is 223 g/mol. The van der Waals surface area contributed by atoms with Crippen molar-refractivity contribution in [3.8, 4) is 0 Å². The first-order valence-corrected chi connectivity index (χ1v) is 5.69. The fourth-order valence-corrected chi connectivity index (χ4v) is 1.49. The Labute approximate surface area is 97.2 Å². The van der Waals surface area contributed by atoms with Gasteiger partial charge in [0.2, 0.25) is 5.91 Å². The molecule has 3 heteroatoms. The van der Waals surface area contributed by atoms with Gasteiger partial charge in [0.05, 0.1) is 0 Å². The van der Waals surface area contributed by atoms with Crippen LogP contribution < -0.4 is 5.32 Å². The maximum atomic E-state index is 11.5. The molecule has 1 N–H and O–H groups in total. The van der Waals surface area contributed by atoms with Crippen molar-refractivity contribution in [2.75, 3.05) is 6.54 Å². The number of carbonyl (C=O) groups excluding carboxylic acids is 1. The van der Waals surface area contributed by atoms with Gasteiger partial charge in [-0.05, 0) is 24.5 Å². The molecule has 3 nitrogen and oxygen atoms in total. The van der Waals surface area contributed by atoms with Crippen LogP contribution in [-0.4, -0.2) is 12.5 Å². The zero-order valence-corrected chi connectivity index (χ0v) is 10.6. The van der Waals surface area contributed by atoms with Gasteiger partial charge >= 0.3 is 0 Å². The molecule has 0 aliphatic heterocycles. The smallest absolute Gasteiger partial charge is 0.220 e. The molecule has 0 aromatic carbocycles. The summed E-state index contributed by atoms with van der Waals surface area (Å²) in [4.78, 5) is 11.5. The summed E-state index contributed by atoms with van der Waals surface area (Å²) in [6.07, 6.45) is 1.31. The minimum absolute atomic E-state index is 0.0470. The Kier molecular flexibility index (Phi) is 4.16. The maximum absolute atomic E-state index is 11.5. The molecule has 1 rings (SSSR count).